The SMILES string of the molecule is O=C1/C(=C/c2ccc(OCCCCN3CCCCC3)cc2)CC/C1=C\c1ccc(OCCCCN2CCCCC2)cc1. The van der Waals surface area contributed by atoms with Gasteiger partial charge < -0.3 is 19.3 Å². The van der Waals surface area contributed by atoms with Crippen LogP contribution in [0.25, 0.3) is 12.2 Å². The predicted molar refractivity (Wildman–Crippen MR) is 173 cm³/mol. The average Bonchev–Trinajstić information content (AvgIpc) is 3.37. The van der Waals surface area contributed by atoms with Crippen molar-refractivity contribution in [2.45, 2.75) is 77.0 Å². The van der Waals surface area contributed by atoms with Crippen LogP contribution in [0.15, 0.2) is 59.7 Å². The van der Waals surface area contributed by atoms with E-state index < -0.39 is 0 Å². The molecule has 2 aromatic carbocycles. The molecule has 0 spiro atoms. The Hall–Kier alpha value is -2.89. The zero-order valence-corrected chi connectivity index (χ0v) is 25.5. The molecule has 1 saturated carbocycles. The van der Waals surface area contributed by atoms with Crippen LogP contribution in [-0.2, 0) is 4.79 Å². The molecule has 0 aromatic heterocycles. The summed E-state index contributed by atoms with van der Waals surface area (Å²) in [7, 11) is 0. The molecule has 42 heavy (non-hydrogen) atoms. The standard InChI is InChI=1S/C37H50N2O3/c40-37-33(29-31-11-17-35(18-12-31)41-27-9-7-25-38-21-3-1-4-22-38)15-16-34(37)30-32-13-19-36(20-14-32)42-28-10-8-26-39-23-5-2-6-24-39/h11-14,17-20,29-30H,1-10,15-16,21-28H2/b33-29+,34-30+. The van der Waals surface area contributed by atoms with Gasteiger partial charge in [-0.1, -0.05) is 37.1 Å². The molecule has 5 rings (SSSR count). The number of allylic oxidation sites excluding steroid dienone is 2. The van der Waals surface area contributed by atoms with Crippen LogP contribution in [0.5, 0.6) is 11.5 Å². The largest absolute Gasteiger partial charge is 0.494 e. The molecule has 0 atom stereocenters. The highest BCUT2D eigenvalue weighted by Crippen LogP contribution is 2.30. The lowest BCUT2D eigenvalue weighted by molar-refractivity contribution is -0.111. The summed E-state index contributed by atoms with van der Waals surface area (Å²) in [5.74, 6) is 1.97. The molecule has 2 heterocycles. The van der Waals surface area contributed by atoms with E-state index in [0.717, 1.165) is 72.7 Å². The first-order chi connectivity index (χ1) is 20.7. The number of likely N-dealkylation sites (tertiary alicyclic amines) is 2. The van der Waals surface area contributed by atoms with Gasteiger partial charge in [0.15, 0.2) is 5.78 Å². The molecule has 0 amide bonds. The highest BCUT2D eigenvalue weighted by Gasteiger charge is 2.23. The summed E-state index contributed by atoms with van der Waals surface area (Å²) in [5, 5.41) is 0. The number of unbranched alkanes of at least 4 members (excludes halogenated alkanes) is 2. The Labute approximate surface area is 253 Å². The Kier molecular flexibility index (Phi) is 12.1. The van der Waals surface area contributed by atoms with Gasteiger partial charge in [0.1, 0.15) is 11.5 Å². The van der Waals surface area contributed by atoms with Crippen molar-refractivity contribution < 1.29 is 14.3 Å². The van der Waals surface area contributed by atoms with Crippen LogP contribution in [0, 0.1) is 0 Å². The molecule has 3 aliphatic rings. The Balaban J connectivity index is 1.01. The molecule has 2 saturated heterocycles. The van der Waals surface area contributed by atoms with Gasteiger partial charge in [-0.05, 0) is 151 Å². The van der Waals surface area contributed by atoms with Gasteiger partial charge in [-0.3, -0.25) is 4.79 Å². The number of hydrogen-bond acceptors (Lipinski definition) is 5. The summed E-state index contributed by atoms with van der Waals surface area (Å²) in [5.41, 5.74) is 3.87. The number of benzene rings is 2. The molecular weight excluding hydrogens is 520 g/mol. The van der Waals surface area contributed by atoms with E-state index in [1.807, 2.05) is 36.4 Å². The van der Waals surface area contributed by atoms with Gasteiger partial charge in [0.2, 0.25) is 0 Å². The number of carbonyl (C=O) groups excluding carboxylic acids is 1. The minimum absolute atomic E-state index is 0.165. The highest BCUT2D eigenvalue weighted by atomic mass is 16.5. The van der Waals surface area contributed by atoms with Crippen molar-refractivity contribution in [3.05, 3.63) is 70.8 Å². The number of ether oxygens (including phenoxy) is 2. The smallest absolute Gasteiger partial charge is 0.185 e. The van der Waals surface area contributed by atoms with Crippen molar-refractivity contribution in [3.8, 4) is 11.5 Å². The van der Waals surface area contributed by atoms with Crippen molar-refractivity contribution in [2.24, 2.45) is 0 Å². The first-order valence-corrected chi connectivity index (χ1v) is 16.6. The van der Waals surface area contributed by atoms with Gasteiger partial charge in [0.05, 0.1) is 13.2 Å². The summed E-state index contributed by atoms with van der Waals surface area (Å²) in [6, 6.07) is 16.3. The molecule has 226 valence electrons. The van der Waals surface area contributed by atoms with E-state index in [-0.39, 0.29) is 5.78 Å². The number of carbonyl (C=O) groups is 1. The summed E-state index contributed by atoms with van der Waals surface area (Å²) in [4.78, 5) is 18.3. The molecule has 2 aliphatic heterocycles. The number of hydrogen-bond donors (Lipinski definition) is 0. The molecule has 0 bridgehead atoms. The first kappa shape index (κ1) is 30.6. The topological polar surface area (TPSA) is 42.0 Å². The highest BCUT2D eigenvalue weighted by molar-refractivity contribution is 6.15. The maximum absolute atomic E-state index is 13.1. The normalized spacial score (nSPS) is 20.4. The Morgan fingerprint density at radius 3 is 1.36 bits per heavy atom. The fraction of sp³-hybridized carbons (Fsp3) is 0.541. The van der Waals surface area contributed by atoms with E-state index in [9.17, 15) is 4.79 Å². The van der Waals surface area contributed by atoms with E-state index in [2.05, 4.69) is 34.1 Å². The Bertz CT molecular complexity index is 1070. The number of Topliss-reactive ketones (excluding diaryl/α,β-unsaturated/α-hetero) is 1. The van der Waals surface area contributed by atoms with E-state index >= 15 is 0 Å². The molecule has 0 radical (unpaired) electrons. The number of nitrogens with zero attached hydrogens (tertiary/aromatic N) is 2. The predicted octanol–water partition coefficient (Wildman–Crippen LogP) is 7.81. The maximum atomic E-state index is 13.1. The van der Waals surface area contributed by atoms with Gasteiger partial charge in [-0.15, -0.1) is 0 Å². The van der Waals surface area contributed by atoms with Gasteiger partial charge >= 0.3 is 0 Å². The van der Waals surface area contributed by atoms with Crippen LogP contribution in [0.1, 0.15) is 88.2 Å². The Morgan fingerprint density at radius 1 is 0.548 bits per heavy atom. The monoisotopic (exact) mass is 570 g/mol. The molecule has 3 fully saturated rings. The molecule has 0 N–H and O–H groups in total. The van der Waals surface area contributed by atoms with Crippen LogP contribution in [0.4, 0.5) is 0 Å². The van der Waals surface area contributed by atoms with Gasteiger partial charge in [0.25, 0.3) is 0 Å². The summed E-state index contributed by atoms with van der Waals surface area (Å²) in [6.07, 6.45) is 18.4. The van der Waals surface area contributed by atoms with Crippen molar-refractivity contribution in [1.29, 1.82) is 0 Å². The quantitative estimate of drug-likeness (QED) is 0.171. The number of piperidine rings is 2. The van der Waals surface area contributed by atoms with Crippen molar-refractivity contribution in [3.63, 3.8) is 0 Å². The third-order valence-corrected chi connectivity index (χ3v) is 8.86. The van der Waals surface area contributed by atoms with Crippen LogP contribution in [-0.4, -0.2) is 68.1 Å². The number of rotatable bonds is 14. The second-order valence-electron chi connectivity index (χ2n) is 12.2. The summed E-state index contributed by atoms with van der Waals surface area (Å²) in [6.45, 7) is 8.95. The van der Waals surface area contributed by atoms with Crippen LogP contribution >= 0.6 is 0 Å². The van der Waals surface area contributed by atoms with E-state index in [0.29, 0.717) is 0 Å². The van der Waals surface area contributed by atoms with Gasteiger partial charge in [0, 0.05) is 11.1 Å². The lowest BCUT2D eigenvalue weighted by atomic mass is 10.1. The molecule has 5 nitrogen and oxygen atoms in total. The fourth-order valence-electron chi connectivity index (χ4n) is 6.32. The van der Waals surface area contributed by atoms with Crippen LogP contribution < -0.4 is 9.47 Å². The van der Waals surface area contributed by atoms with E-state index in [4.69, 9.17) is 9.47 Å². The number of ketones is 1. The second-order valence-corrected chi connectivity index (χ2v) is 12.2. The van der Waals surface area contributed by atoms with Gasteiger partial charge in [-0.2, -0.15) is 0 Å². The molecule has 2 aromatic rings. The maximum Gasteiger partial charge on any atom is 0.185 e. The van der Waals surface area contributed by atoms with E-state index in [1.54, 1.807) is 0 Å². The molecule has 0 unspecified atom stereocenters. The van der Waals surface area contributed by atoms with Crippen molar-refractivity contribution in [2.75, 3.05) is 52.5 Å². The first-order valence-electron chi connectivity index (χ1n) is 16.6. The van der Waals surface area contributed by atoms with Crippen LogP contribution in [0.3, 0.4) is 0 Å². The zero-order chi connectivity index (χ0) is 28.8. The third-order valence-electron chi connectivity index (χ3n) is 8.86. The summed E-state index contributed by atoms with van der Waals surface area (Å²) < 4.78 is 11.9. The Morgan fingerprint density at radius 2 is 0.952 bits per heavy atom. The van der Waals surface area contributed by atoms with Gasteiger partial charge in [-0.25, -0.2) is 0 Å². The third kappa shape index (κ3) is 9.84. The van der Waals surface area contributed by atoms with Crippen molar-refractivity contribution in [1.82, 2.24) is 9.80 Å². The summed E-state index contributed by atoms with van der Waals surface area (Å²) >= 11 is 0. The average molecular weight is 571 g/mol. The zero-order valence-electron chi connectivity index (χ0n) is 25.5. The lowest BCUT2D eigenvalue weighted by Gasteiger charge is -2.26. The van der Waals surface area contributed by atoms with Crippen molar-refractivity contribution >= 4 is 17.9 Å². The lowest BCUT2D eigenvalue weighted by Crippen LogP contribution is -2.30. The van der Waals surface area contributed by atoms with E-state index in [1.165, 1.54) is 90.6 Å². The minimum atomic E-state index is 0.165. The molecule has 1 aliphatic carbocycles. The second kappa shape index (κ2) is 16.7. The fourth-order valence-corrected chi connectivity index (χ4v) is 6.32. The van der Waals surface area contributed by atoms with Crippen LogP contribution in [0.2, 0.25) is 0 Å². The molecule has 5 heteroatoms. The molecular formula is C37H50N2O3. The minimum Gasteiger partial charge on any atom is -0.494 e.